The Labute approximate surface area is 141 Å². The van der Waals surface area contributed by atoms with Crippen LogP contribution < -0.4 is 9.15 Å². The standard InChI is InChI=1S/C16H29NO4SSi/c1-16(2,3)23(5,6)21-15-9-7-13(8-10-15)11-14(12-18)17-22(4,19)20/h7-10,14,17-18H,11-12H2,1-6H3. The van der Waals surface area contributed by atoms with E-state index in [1.165, 1.54) is 0 Å². The Balaban J connectivity index is 2.77. The normalized spacial score (nSPS) is 14.6. The first kappa shape index (κ1) is 20.2. The zero-order chi connectivity index (χ0) is 17.9. The van der Waals surface area contributed by atoms with E-state index in [9.17, 15) is 13.5 Å². The lowest BCUT2D eigenvalue weighted by atomic mass is 10.1. The van der Waals surface area contributed by atoms with Gasteiger partial charge in [0.25, 0.3) is 0 Å². The molecule has 0 saturated carbocycles. The lowest BCUT2D eigenvalue weighted by Gasteiger charge is -2.36. The third kappa shape index (κ3) is 6.62. The van der Waals surface area contributed by atoms with Crippen LogP contribution in [-0.2, 0) is 16.4 Å². The summed E-state index contributed by atoms with van der Waals surface area (Å²) in [5.41, 5.74) is 0.947. The van der Waals surface area contributed by atoms with Crippen LogP contribution in [0.15, 0.2) is 24.3 Å². The number of hydrogen-bond donors (Lipinski definition) is 2. The molecule has 0 aromatic heterocycles. The quantitative estimate of drug-likeness (QED) is 0.734. The number of sulfonamides is 1. The number of hydrogen-bond acceptors (Lipinski definition) is 4. The lowest BCUT2D eigenvalue weighted by molar-refractivity contribution is 0.256. The van der Waals surface area contributed by atoms with Crippen molar-refractivity contribution >= 4 is 18.3 Å². The molecule has 1 aromatic carbocycles. The van der Waals surface area contributed by atoms with Crippen LogP contribution in [0.3, 0.4) is 0 Å². The van der Waals surface area contributed by atoms with E-state index in [1.807, 2.05) is 24.3 Å². The SMILES string of the molecule is CC(C)(C)[Si](C)(C)Oc1ccc(CC(CO)NS(C)(=O)=O)cc1. The minimum Gasteiger partial charge on any atom is -0.544 e. The van der Waals surface area contributed by atoms with Gasteiger partial charge in [-0.25, -0.2) is 13.1 Å². The van der Waals surface area contributed by atoms with Gasteiger partial charge in [-0.3, -0.25) is 0 Å². The Morgan fingerprint density at radius 3 is 2.13 bits per heavy atom. The molecule has 2 N–H and O–H groups in total. The smallest absolute Gasteiger partial charge is 0.250 e. The van der Waals surface area contributed by atoms with Gasteiger partial charge >= 0.3 is 0 Å². The highest BCUT2D eigenvalue weighted by Crippen LogP contribution is 2.37. The maximum atomic E-state index is 11.3. The molecule has 0 aliphatic rings. The molecule has 0 heterocycles. The van der Waals surface area contributed by atoms with E-state index < -0.39 is 24.4 Å². The Hall–Kier alpha value is -0.893. The fourth-order valence-corrected chi connectivity index (χ4v) is 3.67. The van der Waals surface area contributed by atoms with Crippen molar-refractivity contribution in [1.29, 1.82) is 0 Å². The van der Waals surface area contributed by atoms with E-state index in [0.29, 0.717) is 6.42 Å². The molecule has 7 heteroatoms. The Morgan fingerprint density at radius 1 is 1.22 bits per heavy atom. The fourth-order valence-electron chi connectivity index (χ4n) is 1.87. The Kier molecular flexibility index (Phi) is 6.43. The van der Waals surface area contributed by atoms with Gasteiger partial charge in [-0.1, -0.05) is 32.9 Å². The molecule has 0 radical (unpaired) electrons. The molecule has 132 valence electrons. The predicted molar refractivity (Wildman–Crippen MR) is 96.8 cm³/mol. The van der Waals surface area contributed by atoms with Crippen LogP contribution in [0.4, 0.5) is 0 Å². The first-order valence-corrected chi connectivity index (χ1v) is 12.5. The maximum Gasteiger partial charge on any atom is 0.250 e. The third-order valence-electron chi connectivity index (χ3n) is 4.19. The average molecular weight is 360 g/mol. The molecule has 1 unspecified atom stereocenters. The summed E-state index contributed by atoms with van der Waals surface area (Å²) in [6.45, 7) is 10.7. The number of benzene rings is 1. The van der Waals surface area contributed by atoms with Gasteiger partial charge in [0.15, 0.2) is 0 Å². The first-order chi connectivity index (χ1) is 10.3. The van der Waals surface area contributed by atoms with Gasteiger partial charge in [0.2, 0.25) is 18.3 Å². The number of rotatable bonds is 7. The van der Waals surface area contributed by atoms with E-state index in [-0.39, 0.29) is 11.6 Å². The average Bonchev–Trinajstić information content (AvgIpc) is 2.37. The van der Waals surface area contributed by atoms with Crippen molar-refractivity contribution in [3.8, 4) is 5.75 Å². The van der Waals surface area contributed by atoms with Gasteiger partial charge in [0.05, 0.1) is 12.9 Å². The van der Waals surface area contributed by atoms with Crippen molar-refractivity contribution in [3.63, 3.8) is 0 Å². The minimum absolute atomic E-state index is 0.132. The molecule has 1 aromatic rings. The minimum atomic E-state index is -3.33. The summed E-state index contributed by atoms with van der Waals surface area (Å²) in [6, 6.07) is 7.12. The summed E-state index contributed by atoms with van der Waals surface area (Å²) < 4.78 is 31.2. The molecule has 1 atom stereocenters. The number of nitrogens with one attached hydrogen (secondary N) is 1. The van der Waals surface area contributed by atoms with Crippen LogP contribution in [0.25, 0.3) is 0 Å². The molecule has 0 spiro atoms. The van der Waals surface area contributed by atoms with Gasteiger partial charge in [-0.05, 0) is 42.2 Å². The highest BCUT2D eigenvalue weighted by Gasteiger charge is 2.38. The van der Waals surface area contributed by atoms with Gasteiger partial charge in [0, 0.05) is 6.04 Å². The van der Waals surface area contributed by atoms with Gasteiger partial charge < -0.3 is 9.53 Å². The highest BCUT2D eigenvalue weighted by molar-refractivity contribution is 7.88. The Bertz CT molecular complexity index is 606. The lowest BCUT2D eigenvalue weighted by Crippen LogP contribution is -2.43. The molecule has 0 aliphatic carbocycles. The van der Waals surface area contributed by atoms with Crippen molar-refractivity contribution < 1.29 is 18.0 Å². The van der Waals surface area contributed by atoms with Crippen molar-refractivity contribution in [2.75, 3.05) is 12.9 Å². The van der Waals surface area contributed by atoms with Crippen molar-refractivity contribution in [3.05, 3.63) is 29.8 Å². The van der Waals surface area contributed by atoms with Crippen molar-refractivity contribution in [2.24, 2.45) is 0 Å². The zero-order valence-electron chi connectivity index (χ0n) is 14.9. The first-order valence-electron chi connectivity index (χ1n) is 7.70. The molecule has 1 rings (SSSR count). The molecular formula is C16H29NO4SSi. The van der Waals surface area contributed by atoms with Crippen LogP contribution in [0.2, 0.25) is 18.1 Å². The second-order valence-corrected chi connectivity index (χ2v) is 14.0. The summed E-state index contributed by atoms with van der Waals surface area (Å²) in [5, 5.41) is 9.43. The summed E-state index contributed by atoms with van der Waals surface area (Å²) in [5.74, 6) is 0.831. The van der Waals surface area contributed by atoms with Crippen LogP contribution >= 0.6 is 0 Å². The summed E-state index contributed by atoms with van der Waals surface area (Å²) >= 11 is 0. The molecule has 0 saturated heterocycles. The van der Waals surface area contributed by atoms with Crippen LogP contribution in [0.1, 0.15) is 26.3 Å². The van der Waals surface area contributed by atoms with Gasteiger partial charge in [0.1, 0.15) is 5.75 Å². The predicted octanol–water partition coefficient (Wildman–Crippen LogP) is 2.52. The van der Waals surface area contributed by atoms with Crippen LogP contribution in [-0.4, -0.2) is 40.7 Å². The molecule has 0 aliphatic heterocycles. The van der Waals surface area contributed by atoms with Crippen molar-refractivity contribution in [1.82, 2.24) is 4.72 Å². The highest BCUT2D eigenvalue weighted by atomic mass is 32.2. The van der Waals surface area contributed by atoms with Crippen molar-refractivity contribution in [2.45, 2.75) is 51.4 Å². The summed E-state index contributed by atoms with van der Waals surface area (Å²) in [7, 11) is -5.20. The summed E-state index contributed by atoms with van der Waals surface area (Å²) in [4.78, 5) is 0. The molecule has 5 nitrogen and oxygen atoms in total. The topological polar surface area (TPSA) is 75.6 Å². The van der Waals surface area contributed by atoms with E-state index in [2.05, 4.69) is 38.6 Å². The van der Waals surface area contributed by atoms with Gasteiger partial charge in [-0.15, -0.1) is 0 Å². The van der Waals surface area contributed by atoms with E-state index in [1.54, 1.807) is 0 Å². The maximum absolute atomic E-state index is 11.3. The third-order valence-corrected chi connectivity index (χ3v) is 9.31. The molecule has 0 bridgehead atoms. The number of aliphatic hydroxyl groups is 1. The van der Waals surface area contributed by atoms with E-state index in [4.69, 9.17) is 4.43 Å². The second kappa shape index (κ2) is 7.34. The van der Waals surface area contributed by atoms with Crippen LogP contribution in [0.5, 0.6) is 5.75 Å². The largest absolute Gasteiger partial charge is 0.544 e. The second-order valence-electron chi connectivity index (χ2n) is 7.48. The molecule has 0 amide bonds. The zero-order valence-corrected chi connectivity index (χ0v) is 16.7. The summed E-state index contributed by atoms with van der Waals surface area (Å²) in [6.07, 6.45) is 1.52. The van der Waals surface area contributed by atoms with E-state index >= 15 is 0 Å². The van der Waals surface area contributed by atoms with Crippen LogP contribution in [0, 0.1) is 0 Å². The molecule has 23 heavy (non-hydrogen) atoms. The Morgan fingerprint density at radius 2 is 1.74 bits per heavy atom. The van der Waals surface area contributed by atoms with Gasteiger partial charge in [-0.2, -0.15) is 0 Å². The molecular weight excluding hydrogens is 330 g/mol. The molecule has 0 fully saturated rings. The number of aliphatic hydroxyl groups excluding tert-OH is 1. The van der Waals surface area contributed by atoms with E-state index in [0.717, 1.165) is 17.6 Å². The monoisotopic (exact) mass is 359 g/mol. The fraction of sp³-hybridized carbons (Fsp3) is 0.625.